The molecule has 1 saturated heterocycles. The summed E-state index contributed by atoms with van der Waals surface area (Å²) in [6.07, 6.45) is 6.26. The molecule has 1 atom stereocenters. The molecular weight excluding hydrogens is 619 g/mol. The van der Waals surface area contributed by atoms with Crippen molar-refractivity contribution in [2.24, 2.45) is 0 Å². The van der Waals surface area contributed by atoms with Gasteiger partial charge >= 0.3 is 5.91 Å². The first-order valence-electron chi connectivity index (χ1n) is 15.4. The first kappa shape index (κ1) is 31.5. The highest BCUT2D eigenvalue weighted by Crippen LogP contribution is 2.44. The zero-order valence-corrected chi connectivity index (χ0v) is 27.6. The summed E-state index contributed by atoms with van der Waals surface area (Å²) >= 11 is 2.75. The quantitative estimate of drug-likeness (QED) is 0.0365. The fourth-order valence-corrected chi connectivity index (χ4v) is 7.39. The average molecular weight is 654 g/mol. The van der Waals surface area contributed by atoms with Gasteiger partial charge in [-0.3, -0.25) is 14.5 Å². The molecule has 4 heterocycles. The molecule has 1 unspecified atom stereocenters. The van der Waals surface area contributed by atoms with E-state index in [-0.39, 0.29) is 22.2 Å². The lowest BCUT2D eigenvalue weighted by Crippen LogP contribution is -2.29. The molecule has 1 aliphatic heterocycles. The van der Waals surface area contributed by atoms with Crippen molar-refractivity contribution in [2.45, 2.75) is 62.6 Å². The van der Waals surface area contributed by atoms with Gasteiger partial charge in [0.15, 0.2) is 10.1 Å². The maximum absolute atomic E-state index is 13.8. The number of ketones is 1. The van der Waals surface area contributed by atoms with E-state index < -0.39 is 17.7 Å². The molecule has 1 amide bonds. The lowest BCUT2D eigenvalue weighted by atomic mass is 9.96. The number of aliphatic hydroxyl groups excluding tert-OH is 1. The van der Waals surface area contributed by atoms with Gasteiger partial charge in [0.1, 0.15) is 17.1 Å². The molecular formula is C35H35N5O4S2. The van der Waals surface area contributed by atoms with Crippen molar-refractivity contribution in [3.8, 4) is 5.75 Å². The molecule has 2 aromatic carbocycles. The number of fused-ring (bicyclic) bond motifs is 1. The van der Waals surface area contributed by atoms with Crippen LogP contribution in [0.15, 0.2) is 82.8 Å². The number of aryl methyl sites for hydroxylation is 2. The number of hydrogen-bond donors (Lipinski definition) is 1. The number of carbonyl (C=O) groups excluding carboxylic acids is 2. The monoisotopic (exact) mass is 653 g/mol. The van der Waals surface area contributed by atoms with Crippen LogP contribution in [0.2, 0.25) is 0 Å². The van der Waals surface area contributed by atoms with Crippen LogP contribution < -0.4 is 9.64 Å². The van der Waals surface area contributed by atoms with E-state index in [0.717, 1.165) is 30.4 Å². The molecule has 0 saturated carbocycles. The van der Waals surface area contributed by atoms with Crippen molar-refractivity contribution in [3.63, 3.8) is 0 Å². The van der Waals surface area contributed by atoms with Gasteiger partial charge < -0.3 is 14.2 Å². The van der Waals surface area contributed by atoms with Gasteiger partial charge in [0.2, 0.25) is 5.13 Å². The lowest BCUT2D eigenvalue weighted by molar-refractivity contribution is -0.132. The first-order valence-corrected chi connectivity index (χ1v) is 17.2. The van der Waals surface area contributed by atoms with E-state index in [0.29, 0.717) is 39.4 Å². The summed E-state index contributed by atoms with van der Waals surface area (Å²) < 4.78 is 8.48. The summed E-state index contributed by atoms with van der Waals surface area (Å²) in [5.74, 6) is -0.536. The summed E-state index contributed by atoms with van der Waals surface area (Å²) in [5.41, 5.74) is 4.21. The van der Waals surface area contributed by atoms with Crippen LogP contribution >= 0.6 is 23.1 Å². The van der Waals surface area contributed by atoms with Crippen molar-refractivity contribution in [1.82, 2.24) is 19.6 Å². The standard InChI is InChI=1S/C35H35N5O4S2/c1-4-5-6-10-20-44-26-17-15-25(16-18-26)29-27(30(41)28-23(3)39-19-11-12-22(2)32(39)36-28)31(42)33(43)40(29)34-37-38-35(46-34)45-21-24-13-8-7-9-14-24/h7-9,11-19,29,41H,4-6,10,20-21H2,1-3H3. The normalized spacial score (nSPS) is 16.1. The number of aromatic nitrogens is 4. The second-order valence-corrected chi connectivity index (χ2v) is 13.4. The van der Waals surface area contributed by atoms with Crippen molar-refractivity contribution in [1.29, 1.82) is 0 Å². The molecule has 0 aliphatic carbocycles. The van der Waals surface area contributed by atoms with E-state index in [1.54, 1.807) is 0 Å². The van der Waals surface area contributed by atoms with Gasteiger partial charge in [0, 0.05) is 11.9 Å². The van der Waals surface area contributed by atoms with Crippen molar-refractivity contribution >= 4 is 51.3 Å². The van der Waals surface area contributed by atoms with Gasteiger partial charge in [0.05, 0.1) is 23.9 Å². The summed E-state index contributed by atoms with van der Waals surface area (Å²) in [5, 5.41) is 20.7. The van der Waals surface area contributed by atoms with Gasteiger partial charge in [0.25, 0.3) is 5.78 Å². The number of pyridine rings is 1. The number of benzene rings is 2. The SMILES string of the molecule is CCCCCCOc1ccc(C2C(=C(O)c3nc4c(C)cccn4c3C)C(=O)C(=O)N2c2nnc(SCc3ccccc3)s2)cc1. The molecule has 9 nitrogen and oxygen atoms in total. The molecule has 1 aliphatic rings. The zero-order chi connectivity index (χ0) is 32.2. The highest BCUT2D eigenvalue weighted by molar-refractivity contribution is 8.00. The summed E-state index contributed by atoms with van der Waals surface area (Å²) in [6.45, 7) is 6.54. The smallest absolute Gasteiger partial charge is 0.301 e. The molecule has 0 bridgehead atoms. The number of aliphatic hydroxyl groups is 1. The van der Waals surface area contributed by atoms with Gasteiger partial charge in [-0.05, 0) is 55.2 Å². The van der Waals surface area contributed by atoms with E-state index in [1.807, 2.05) is 91.2 Å². The minimum Gasteiger partial charge on any atom is -0.505 e. The van der Waals surface area contributed by atoms with Gasteiger partial charge in [-0.15, -0.1) is 10.2 Å². The summed E-state index contributed by atoms with van der Waals surface area (Å²) in [7, 11) is 0. The molecule has 5 aromatic rings. The molecule has 236 valence electrons. The second-order valence-electron chi connectivity index (χ2n) is 11.2. The second kappa shape index (κ2) is 13.9. The van der Waals surface area contributed by atoms with E-state index in [4.69, 9.17) is 9.72 Å². The number of carbonyl (C=O) groups is 2. The topological polar surface area (TPSA) is 110 Å². The highest BCUT2D eigenvalue weighted by Gasteiger charge is 2.49. The minimum absolute atomic E-state index is 0.0453. The number of thioether (sulfide) groups is 1. The Morgan fingerprint density at radius 3 is 2.50 bits per heavy atom. The van der Waals surface area contributed by atoms with Crippen LogP contribution in [0.3, 0.4) is 0 Å². The third kappa shape index (κ3) is 6.29. The minimum atomic E-state index is -0.941. The van der Waals surface area contributed by atoms with Crippen LogP contribution in [-0.4, -0.2) is 43.0 Å². The van der Waals surface area contributed by atoms with E-state index in [9.17, 15) is 14.7 Å². The molecule has 1 N–H and O–H groups in total. The van der Waals surface area contributed by atoms with Gasteiger partial charge in [-0.2, -0.15) is 0 Å². The Labute approximate surface area is 276 Å². The number of Topliss-reactive ketones (excluding diaryl/α,β-unsaturated/α-hetero) is 1. The molecule has 0 radical (unpaired) electrons. The lowest BCUT2D eigenvalue weighted by Gasteiger charge is -2.22. The highest BCUT2D eigenvalue weighted by atomic mass is 32.2. The Bertz CT molecular complexity index is 1900. The van der Waals surface area contributed by atoms with E-state index in [2.05, 4.69) is 17.1 Å². The summed E-state index contributed by atoms with van der Waals surface area (Å²) in [4.78, 5) is 33.6. The molecule has 3 aromatic heterocycles. The van der Waals surface area contributed by atoms with Crippen molar-refractivity contribution < 1.29 is 19.4 Å². The Hall–Kier alpha value is -4.48. The maximum atomic E-state index is 13.8. The molecule has 6 rings (SSSR count). The number of imidazole rings is 1. The number of anilines is 1. The van der Waals surface area contributed by atoms with Crippen LogP contribution in [0.5, 0.6) is 5.75 Å². The van der Waals surface area contributed by atoms with Crippen LogP contribution in [0.4, 0.5) is 5.13 Å². The maximum Gasteiger partial charge on any atom is 0.301 e. The Balaban J connectivity index is 1.38. The van der Waals surface area contributed by atoms with Crippen LogP contribution in [-0.2, 0) is 15.3 Å². The Morgan fingerprint density at radius 1 is 0.978 bits per heavy atom. The number of amides is 1. The average Bonchev–Trinajstić information content (AvgIpc) is 3.75. The van der Waals surface area contributed by atoms with Gasteiger partial charge in [-0.1, -0.05) is 97.8 Å². The molecule has 46 heavy (non-hydrogen) atoms. The molecule has 11 heteroatoms. The Kier molecular flexibility index (Phi) is 9.51. The van der Waals surface area contributed by atoms with Crippen LogP contribution in [0.25, 0.3) is 11.4 Å². The van der Waals surface area contributed by atoms with Crippen LogP contribution in [0, 0.1) is 13.8 Å². The van der Waals surface area contributed by atoms with Crippen molar-refractivity contribution in [2.75, 3.05) is 11.5 Å². The van der Waals surface area contributed by atoms with E-state index >= 15 is 0 Å². The summed E-state index contributed by atoms with van der Waals surface area (Å²) in [6, 6.07) is 20.2. The van der Waals surface area contributed by atoms with E-state index in [1.165, 1.54) is 34.4 Å². The number of ether oxygens (including phenoxy) is 1. The molecule has 0 spiro atoms. The predicted octanol–water partition coefficient (Wildman–Crippen LogP) is 7.68. The predicted molar refractivity (Wildman–Crippen MR) is 181 cm³/mol. The largest absolute Gasteiger partial charge is 0.505 e. The zero-order valence-electron chi connectivity index (χ0n) is 26.0. The fourth-order valence-electron chi connectivity index (χ4n) is 5.56. The van der Waals surface area contributed by atoms with Gasteiger partial charge in [-0.25, -0.2) is 4.98 Å². The third-order valence-electron chi connectivity index (χ3n) is 8.02. The van der Waals surface area contributed by atoms with Crippen LogP contribution in [0.1, 0.15) is 66.7 Å². The third-order valence-corrected chi connectivity index (χ3v) is 10.1. The molecule has 1 fully saturated rings. The number of hydrogen-bond acceptors (Lipinski definition) is 9. The number of unbranched alkanes of at least 4 members (excludes halogenated alkanes) is 3. The first-order chi connectivity index (χ1) is 22.4. The van der Waals surface area contributed by atoms with Crippen molar-refractivity contribution in [3.05, 3.63) is 107 Å². The number of rotatable bonds is 12. The fraction of sp³-hybridized carbons (Fsp3) is 0.286. The number of nitrogens with zero attached hydrogens (tertiary/aromatic N) is 5. The Morgan fingerprint density at radius 2 is 1.76 bits per heavy atom.